The van der Waals surface area contributed by atoms with Crippen LogP contribution < -0.4 is 16.0 Å². The summed E-state index contributed by atoms with van der Waals surface area (Å²) in [5.74, 6) is 0.0944. The minimum Gasteiger partial charge on any atom is -0.354 e. The van der Waals surface area contributed by atoms with Gasteiger partial charge in [-0.15, -0.1) is 0 Å². The van der Waals surface area contributed by atoms with Gasteiger partial charge in [-0.3, -0.25) is 9.59 Å². The van der Waals surface area contributed by atoms with Crippen LogP contribution in [0, 0.1) is 0 Å². The van der Waals surface area contributed by atoms with Gasteiger partial charge in [0.2, 0.25) is 11.8 Å². The molecule has 1 aliphatic carbocycles. The maximum absolute atomic E-state index is 11.3. The highest BCUT2D eigenvalue weighted by Gasteiger charge is 2.24. The maximum Gasteiger partial charge on any atom is 0.234 e. The Bertz CT molecular complexity index is 250. The summed E-state index contributed by atoms with van der Waals surface area (Å²) in [6, 6.07) is 0.528. The van der Waals surface area contributed by atoms with E-state index in [0.29, 0.717) is 25.6 Å². The van der Waals surface area contributed by atoms with Gasteiger partial charge in [0.25, 0.3) is 0 Å². The fraction of sp³-hybridized carbons (Fsp3) is 0.778. The molecular formula is C9H15N3O2. The van der Waals surface area contributed by atoms with Crippen LogP contribution in [0.3, 0.4) is 0 Å². The first kappa shape index (κ1) is 9.45. The first-order valence-electron chi connectivity index (χ1n) is 5.03. The van der Waals surface area contributed by atoms with E-state index in [0.717, 1.165) is 12.8 Å². The summed E-state index contributed by atoms with van der Waals surface area (Å²) in [7, 11) is 0. The number of hydrogen-bond acceptors (Lipinski definition) is 3. The highest BCUT2D eigenvalue weighted by Crippen LogP contribution is 2.18. The van der Waals surface area contributed by atoms with Crippen LogP contribution in [0.2, 0.25) is 0 Å². The molecule has 0 aromatic rings. The molecule has 3 N–H and O–H groups in total. The zero-order valence-corrected chi connectivity index (χ0v) is 8.01. The Hall–Kier alpha value is -1.10. The standard InChI is InChI=1S/C9H15N3O2/c13-8-3-7(4-11-8)10-5-9(14)12-6-1-2-6/h6-7,10H,1-5H2,(H,11,13)(H,12,14). The Labute approximate surface area is 82.6 Å². The zero-order valence-electron chi connectivity index (χ0n) is 8.01. The molecule has 5 heteroatoms. The van der Waals surface area contributed by atoms with Crippen molar-refractivity contribution in [3.8, 4) is 0 Å². The van der Waals surface area contributed by atoms with Crippen molar-refractivity contribution in [3.63, 3.8) is 0 Å². The number of carbonyl (C=O) groups excluding carboxylic acids is 2. The molecule has 2 amide bonds. The number of rotatable bonds is 4. The molecule has 0 aromatic carbocycles. The Morgan fingerprint density at radius 2 is 2.21 bits per heavy atom. The fourth-order valence-electron chi connectivity index (χ4n) is 1.49. The highest BCUT2D eigenvalue weighted by molar-refractivity contribution is 5.80. The van der Waals surface area contributed by atoms with Crippen LogP contribution in [0.5, 0.6) is 0 Å². The van der Waals surface area contributed by atoms with Crippen molar-refractivity contribution in [1.29, 1.82) is 0 Å². The second kappa shape index (κ2) is 3.96. The zero-order chi connectivity index (χ0) is 9.97. The van der Waals surface area contributed by atoms with Gasteiger partial charge in [-0.05, 0) is 12.8 Å². The lowest BCUT2D eigenvalue weighted by atomic mass is 10.2. The van der Waals surface area contributed by atoms with E-state index in [1.165, 1.54) is 0 Å². The van der Waals surface area contributed by atoms with Crippen LogP contribution in [0.15, 0.2) is 0 Å². The summed E-state index contributed by atoms with van der Waals surface area (Å²) in [6.07, 6.45) is 2.70. The second-order valence-electron chi connectivity index (χ2n) is 3.93. The Kier molecular flexibility index (Phi) is 2.67. The van der Waals surface area contributed by atoms with Crippen molar-refractivity contribution in [2.24, 2.45) is 0 Å². The number of nitrogens with one attached hydrogen (secondary N) is 3. The molecule has 1 saturated carbocycles. The predicted octanol–water partition coefficient (Wildman–Crippen LogP) is -1.26. The fourth-order valence-corrected chi connectivity index (χ4v) is 1.49. The summed E-state index contributed by atoms with van der Waals surface area (Å²) in [4.78, 5) is 22.1. The molecule has 1 atom stereocenters. The van der Waals surface area contributed by atoms with E-state index in [2.05, 4.69) is 16.0 Å². The van der Waals surface area contributed by atoms with Crippen LogP contribution >= 0.6 is 0 Å². The van der Waals surface area contributed by atoms with Gasteiger partial charge in [0, 0.05) is 25.0 Å². The first-order valence-corrected chi connectivity index (χ1v) is 5.03. The molecule has 1 aliphatic heterocycles. The van der Waals surface area contributed by atoms with E-state index in [-0.39, 0.29) is 17.9 Å². The quantitative estimate of drug-likeness (QED) is 0.527. The summed E-state index contributed by atoms with van der Waals surface area (Å²) in [5, 5.41) is 8.65. The number of amides is 2. The van der Waals surface area contributed by atoms with Crippen LogP contribution in [0.4, 0.5) is 0 Å². The normalized spacial score (nSPS) is 26.0. The van der Waals surface area contributed by atoms with Gasteiger partial charge in [-0.1, -0.05) is 0 Å². The molecule has 14 heavy (non-hydrogen) atoms. The molecule has 2 fully saturated rings. The molecule has 1 heterocycles. The summed E-state index contributed by atoms with van der Waals surface area (Å²) >= 11 is 0. The molecule has 2 rings (SSSR count). The van der Waals surface area contributed by atoms with E-state index in [9.17, 15) is 9.59 Å². The highest BCUT2D eigenvalue weighted by atomic mass is 16.2. The molecule has 0 spiro atoms. The van der Waals surface area contributed by atoms with Crippen molar-refractivity contribution < 1.29 is 9.59 Å². The van der Waals surface area contributed by atoms with Crippen molar-refractivity contribution in [1.82, 2.24) is 16.0 Å². The van der Waals surface area contributed by atoms with E-state index in [4.69, 9.17) is 0 Å². The smallest absolute Gasteiger partial charge is 0.234 e. The van der Waals surface area contributed by atoms with Crippen molar-refractivity contribution in [2.45, 2.75) is 31.3 Å². The van der Waals surface area contributed by atoms with Crippen LogP contribution in [-0.4, -0.2) is 37.0 Å². The van der Waals surface area contributed by atoms with Crippen molar-refractivity contribution in [3.05, 3.63) is 0 Å². The molecule has 0 radical (unpaired) electrons. The Morgan fingerprint density at radius 3 is 2.79 bits per heavy atom. The molecule has 0 aromatic heterocycles. The van der Waals surface area contributed by atoms with Crippen LogP contribution in [-0.2, 0) is 9.59 Å². The third-order valence-electron chi connectivity index (χ3n) is 2.47. The van der Waals surface area contributed by atoms with Crippen LogP contribution in [0.1, 0.15) is 19.3 Å². The number of carbonyl (C=O) groups is 2. The van der Waals surface area contributed by atoms with E-state index >= 15 is 0 Å². The van der Waals surface area contributed by atoms with Gasteiger partial charge in [0.15, 0.2) is 0 Å². The van der Waals surface area contributed by atoms with Gasteiger partial charge in [0.1, 0.15) is 0 Å². The largest absolute Gasteiger partial charge is 0.354 e. The maximum atomic E-state index is 11.3. The molecule has 2 aliphatic rings. The lowest BCUT2D eigenvalue weighted by Gasteiger charge is -2.09. The van der Waals surface area contributed by atoms with Crippen molar-refractivity contribution >= 4 is 11.8 Å². The molecule has 1 saturated heterocycles. The lowest BCUT2D eigenvalue weighted by molar-refractivity contribution is -0.121. The average molecular weight is 197 g/mol. The molecular weight excluding hydrogens is 182 g/mol. The van der Waals surface area contributed by atoms with Crippen molar-refractivity contribution in [2.75, 3.05) is 13.1 Å². The van der Waals surface area contributed by atoms with Gasteiger partial charge in [0.05, 0.1) is 6.54 Å². The summed E-state index contributed by atoms with van der Waals surface area (Å²) in [6.45, 7) is 0.950. The van der Waals surface area contributed by atoms with E-state index in [1.807, 2.05) is 0 Å². The third kappa shape index (κ3) is 2.70. The second-order valence-corrected chi connectivity index (χ2v) is 3.93. The molecule has 1 unspecified atom stereocenters. The Morgan fingerprint density at radius 1 is 1.43 bits per heavy atom. The Balaban J connectivity index is 1.61. The molecule has 5 nitrogen and oxygen atoms in total. The first-order chi connectivity index (χ1) is 6.74. The monoisotopic (exact) mass is 197 g/mol. The lowest BCUT2D eigenvalue weighted by Crippen LogP contribution is -2.40. The minimum atomic E-state index is 0.0341. The van der Waals surface area contributed by atoms with E-state index in [1.54, 1.807) is 0 Å². The third-order valence-corrected chi connectivity index (χ3v) is 2.47. The van der Waals surface area contributed by atoms with Gasteiger partial charge >= 0.3 is 0 Å². The summed E-state index contributed by atoms with van der Waals surface area (Å²) in [5.41, 5.74) is 0. The topological polar surface area (TPSA) is 70.2 Å². The van der Waals surface area contributed by atoms with Gasteiger partial charge < -0.3 is 16.0 Å². The molecule has 0 bridgehead atoms. The minimum absolute atomic E-state index is 0.0341. The summed E-state index contributed by atoms with van der Waals surface area (Å²) < 4.78 is 0. The van der Waals surface area contributed by atoms with E-state index < -0.39 is 0 Å². The predicted molar refractivity (Wildman–Crippen MR) is 50.6 cm³/mol. The van der Waals surface area contributed by atoms with Gasteiger partial charge in [-0.2, -0.15) is 0 Å². The van der Waals surface area contributed by atoms with Gasteiger partial charge in [-0.25, -0.2) is 0 Å². The average Bonchev–Trinajstić information content (AvgIpc) is 2.85. The number of hydrogen-bond donors (Lipinski definition) is 3. The molecule has 78 valence electrons. The SMILES string of the molecule is O=C1CC(NCC(=O)NC2CC2)CN1. The van der Waals surface area contributed by atoms with Crippen LogP contribution in [0.25, 0.3) is 0 Å².